The second kappa shape index (κ2) is 7.97. The van der Waals surface area contributed by atoms with Gasteiger partial charge in [-0.3, -0.25) is 15.6 Å². The van der Waals surface area contributed by atoms with Crippen molar-refractivity contribution in [2.45, 2.75) is 37.7 Å². The van der Waals surface area contributed by atoms with Crippen LogP contribution in [0, 0.1) is 0 Å². The molecular formula is C14H22N4O5S. The molecule has 1 aromatic carbocycles. The number of carbonyl (C=O) groups is 2. The van der Waals surface area contributed by atoms with Gasteiger partial charge in [-0.15, -0.1) is 0 Å². The van der Waals surface area contributed by atoms with Crippen molar-refractivity contribution in [3.05, 3.63) is 24.3 Å². The van der Waals surface area contributed by atoms with Gasteiger partial charge >= 0.3 is 6.09 Å². The van der Waals surface area contributed by atoms with Gasteiger partial charge in [0.15, 0.2) is 0 Å². The van der Waals surface area contributed by atoms with Gasteiger partial charge in [0, 0.05) is 13.0 Å². The normalized spacial score (nSPS) is 11.5. The number of primary sulfonamides is 1. The van der Waals surface area contributed by atoms with Gasteiger partial charge in [0.1, 0.15) is 5.60 Å². The fraction of sp³-hybridized carbons (Fsp3) is 0.429. The minimum absolute atomic E-state index is 0.0269. The third kappa shape index (κ3) is 7.79. The summed E-state index contributed by atoms with van der Waals surface area (Å²) < 4.78 is 27.3. The fourth-order valence-electron chi connectivity index (χ4n) is 1.52. The first-order valence-electron chi connectivity index (χ1n) is 7.12. The van der Waals surface area contributed by atoms with Crippen molar-refractivity contribution < 1.29 is 22.7 Å². The number of benzene rings is 1. The summed E-state index contributed by atoms with van der Waals surface area (Å²) in [4.78, 5) is 23.0. The van der Waals surface area contributed by atoms with Gasteiger partial charge in [0.2, 0.25) is 15.9 Å². The number of rotatable bonds is 6. The number of amides is 2. The van der Waals surface area contributed by atoms with Crippen LogP contribution in [0.15, 0.2) is 29.2 Å². The summed E-state index contributed by atoms with van der Waals surface area (Å²) >= 11 is 0. The van der Waals surface area contributed by atoms with Gasteiger partial charge in [-0.2, -0.15) is 0 Å². The smallest absolute Gasteiger partial charge is 0.407 e. The maximum Gasteiger partial charge on any atom is 0.407 e. The van der Waals surface area contributed by atoms with Crippen LogP contribution in [0.25, 0.3) is 0 Å². The number of hydrogen-bond acceptors (Lipinski definition) is 6. The first-order valence-corrected chi connectivity index (χ1v) is 8.66. The lowest BCUT2D eigenvalue weighted by atomic mass is 10.2. The Labute approximate surface area is 141 Å². The molecule has 0 unspecified atom stereocenters. The van der Waals surface area contributed by atoms with E-state index in [1.807, 2.05) is 0 Å². The van der Waals surface area contributed by atoms with Gasteiger partial charge in [-0.05, 0) is 45.0 Å². The van der Waals surface area contributed by atoms with Crippen molar-refractivity contribution in [1.82, 2.24) is 10.7 Å². The molecule has 0 aliphatic rings. The van der Waals surface area contributed by atoms with E-state index in [0.717, 1.165) is 0 Å². The molecule has 0 bridgehead atoms. The summed E-state index contributed by atoms with van der Waals surface area (Å²) in [5.41, 5.74) is 4.92. The van der Waals surface area contributed by atoms with Gasteiger partial charge < -0.3 is 10.1 Å². The van der Waals surface area contributed by atoms with Crippen molar-refractivity contribution in [1.29, 1.82) is 0 Å². The third-order valence-electron chi connectivity index (χ3n) is 2.55. The molecule has 0 radical (unpaired) electrons. The lowest BCUT2D eigenvalue weighted by Gasteiger charge is -2.19. The highest BCUT2D eigenvalue weighted by Gasteiger charge is 2.15. The Morgan fingerprint density at radius 1 is 1.17 bits per heavy atom. The van der Waals surface area contributed by atoms with Gasteiger partial charge in [0.05, 0.1) is 10.6 Å². The number of sulfonamides is 1. The number of nitrogens with two attached hydrogens (primary N) is 1. The molecule has 0 aromatic heterocycles. The first-order chi connectivity index (χ1) is 11.0. The van der Waals surface area contributed by atoms with Crippen LogP contribution in [0.2, 0.25) is 0 Å². The Hall–Kier alpha value is -2.33. The molecule has 0 spiro atoms. The van der Waals surface area contributed by atoms with Crippen LogP contribution in [0.3, 0.4) is 0 Å². The predicted molar refractivity (Wildman–Crippen MR) is 88.4 cm³/mol. The molecule has 0 fully saturated rings. The zero-order valence-electron chi connectivity index (χ0n) is 13.8. The molecule has 0 aliphatic carbocycles. The molecule has 1 aromatic rings. The van der Waals surface area contributed by atoms with Gasteiger partial charge in [0.25, 0.3) is 0 Å². The van der Waals surface area contributed by atoms with Gasteiger partial charge in [-0.25, -0.2) is 18.4 Å². The van der Waals surface area contributed by atoms with Gasteiger partial charge in [-0.1, -0.05) is 0 Å². The number of nitrogens with one attached hydrogen (secondary N) is 3. The average Bonchev–Trinajstić information content (AvgIpc) is 2.42. The fourth-order valence-corrected chi connectivity index (χ4v) is 2.04. The highest BCUT2D eigenvalue weighted by Crippen LogP contribution is 2.11. The number of alkyl carbamates (subject to hydrolysis) is 1. The summed E-state index contributed by atoms with van der Waals surface area (Å²) in [6.07, 6.45) is -0.552. The summed E-state index contributed by atoms with van der Waals surface area (Å²) in [6.45, 7) is 5.34. The van der Waals surface area contributed by atoms with Crippen molar-refractivity contribution in [3.8, 4) is 0 Å². The van der Waals surface area contributed by atoms with E-state index in [-0.39, 0.29) is 23.8 Å². The van der Waals surface area contributed by atoms with Crippen molar-refractivity contribution in [2.24, 2.45) is 5.14 Å². The molecule has 134 valence electrons. The summed E-state index contributed by atoms with van der Waals surface area (Å²) in [6, 6.07) is 5.54. The number of ether oxygens (including phenoxy) is 1. The van der Waals surface area contributed by atoms with Crippen molar-refractivity contribution >= 4 is 27.7 Å². The number of carbonyl (C=O) groups excluding carboxylic acids is 2. The zero-order chi connectivity index (χ0) is 18.4. The van der Waals surface area contributed by atoms with Crippen LogP contribution in [0.1, 0.15) is 27.2 Å². The Morgan fingerprint density at radius 3 is 2.25 bits per heavy atom. The molecule has 0 aliphatic heterocycles. The van der Waals surface area contributed by atoms with E-state index in [1.165, 1.54) is 24.3 Å². The van der Waals surface area contributed by atoms with E-state index in [4.69, 9.17) is 9.88 Å². The number of hydrazine groups is 1. The van der Waals surface area contributed by atoms with Crippen molar-refractivity contribution in [3.63, 3.8) is 0 Å². The lowest BCUT2D eigenvalue weighted by Crippen LogP contribution is -2.36. The van der Waals surface area contributed by atoms with E-state index in [0.29, 0.717) is 5.69 Å². The molecule has 24 heavy (non-hydrogen) atoms. The summed E-state index contributed by atoms with van der Waals surface area (Å²) in [7, 11) is -3.75. The molecule has 0 saturated carbocycles. The SMILES string of the molecule is CC(C)(C)OC(=O)NCCC(=O)NNc1ccc(S(N)(=O)=O)cc1. The van der Waals surface area contributed by atoms with E-state index >= 15 is 0 Å². The van der Waals surface area contributed by atoms with E-state index < -0.39 is 21.7 Å². The molecule has 0 heterocycles. The second-order valence-electron chi connectivity index (χ2n) is 5.92. The lowest BCUT2D eigenvalue weighted by molar-refractivity contribution is -0.120. The van der Waals surface area contributed by atoms with Crippen LogP contribution in [0.4, 0.5) is 10.5 Å². The highest BCUT2D eigenvalue weighted by atomic mass is 32.2. The molecule has 9 nitrogen and oxygen atoms in total. The molecule has 1 rings (SSSR count). The Morgan fingerprint density at radius 2 is 1.75 bits per heavy atom. The van der Waals surface area contributed by atoms with E-state index in [2.05, 4.69) is 16.2 Å². The largest absolute Gasteiger partial charge is 0.444 e. The molecule has 10 heteroatoms. The third-order valence-corrected chi connectivity index (χ3v) is 3.48. The van der Waals surface area contributed by atoms with Crippen LogP contribution in [-0.4, -0.2) is 32.6 Å². The van der Waals surface area contributed by atoms with Crippen LogP contribution in [0.5, 0.6) is 0 Å². The highest BCUT2D eigenvalue weighted by molar-refractivity contribution is 7.89. The van der Waals surface area contributed by atoms with Crippen LogP contribution >= 0.6 is 0 Å². The second-order valence-corrected chi connectivity index (χ2v) is 7.48. The molecule has 0 atom stereocenters. The molecule has 0 saturated heterocycles. The minimum Gasteiger partial charge on any atom is -0.444 e. The minimum atomic E-state index is -3.75. The molecule has 2 amide bonds. The molecular weight excluding hydrogens is 336 g/mol. The van der Waals surface area contributed by atoms with Crippen LogP contribution in [-0.2, 0) is 19.6 Å². The number of anilines is 1. The topological polar surface area (TPSA) is 140 Å². The quantitative estimate of drug-likeness (QED) is 0.552. The van der Waals surface area contributed by atoms with Crippen molar-refractivity contribution in [2.75, 3.05) is 12.0 Å². The predicted octanol–water partition coefficient (Wildman–Crippen LogP) is 0.692. The zero-order valence-corrected chi connectivity index (χ0v) is 14.6. The Balaban J connectivity index is 2.33. The summed E-state index contributed by atoms with van der Waals surface area (Å²) in [5, 5.41) is 7.45. The maximum atomic E-state index is 11.6. The Kier molecular flexibility index (Phi) is 6.55. The average molecular weight is 358 g/mol. The van der Waals surface area contributed by atoms with E-state index in [1.54, 1.807) is 20.8 Å². The summed E-state index contributed by atoms with van der Waals surface area (Å²) in [5.74, 6) is -0.360. The first kappa shape index (κ1) is 19.7. The van der Waals surface area contributed by atoms with Crippen LogP contribution < -0.4 is 21.3 Å². The standard InChI is InChI=1S/C14H22N4O5S/c1-14(2,3)23-13(20)16-9-8-12(19)18-17-10-4-6-11(7-5-10)24(15,21)22/h4-7,17H,8-9H2,1-3H3,(H,16,20)(H,18,19)(H2,15,21,22). The Bertz CT molecular complexity index is 680. The van der Waals surface area contributed by atoms with E-state index in [9.17, 15) is 18.0 Å². The number of hydrogen-bond donors (Lipinski definition) is 4. The maximum absolute atomic E-state index is 11.6. The molecule has 5 N–H and O–H groups in total. The monoisotopic (exact) mass is 358 g/mol.